The number of carboxylic acid groups (broad SMARTS) is 1. The van der Waals surface area contributed by atoms with Crippen LogP contribution in [0.5, 0.6) is 0 Å². The number of rotatable bonds is 7. The summed E-state index contributed by atoms with van der Waals surface area (Å²) in [6.07, 6.45) is 0.705. The van der Waals surface area contributed by atoms with Crippen molar-refractivity contribution in [1.82, 2.24) is 15.5 Å². The first-order valence-electron chi connectivity index (χ1n) is 6.28. The van der Waals surface area contributed by atoms with E-state index in [1.54, 1.807) is 0 Å². The number of amides is 1. The molecule has 1 heterocycles. The van der Waals surface area contributed by atoms with Crippen molar-refractivity contribution in [2.75, 3.05) is 39.3 Å². The molecule has 0 bridgehead atoms. The summed E-state index contributed by atoms with van der Waals surface area (Å²) in [6, 6.07) is -0.904. The van der Waals surface area contributed by atoms with Crippen LogP contribution in [0.3, 0.4) is 0 Å². The van der Waals surface area contributed by atoms with E-state index in [4.69, 9.17) is 10.8 Å². The fourth-order valence-electron chi connectivity index (χ4n) is 1.77. The van der Waals surface area contributed by atoms with Crippen LogP contribution in [0.25, 0.3) is 0 Å². The van der Waals surface area contributed by atoms with E-state index < -0.39 is 12.0 Å². The third kappa shape index (κ3) is 5.95. The predicted octanol–water partition coefficient (Wildman–Crippen LogP) is -1.80. The van der Waals surface area contributed by atoms with Gasteiger partial charge >= 0.3 is 5.97 Å². The van der Waals surface area contributed by atoms with E-state index in [9.17, 15) is 9.59 Å². The highest BCUT2D eigenvalue weighted by Crippen LogP contribution is 1.94. The Balaban J connectivity index is 2.04. The van der Waals surface area contributed by atoms with E-state index in [1.807, 2.05) is 0 Å². The van der Waals surface area contributed by atoms with E-state index in [2.05, 4.69) is 15.5 Å². The first kappa shape index (κ1) is 14.9. The Morgan fingerprint density at radius 2 is 2.06 bits per heavy atom. The highest BCUT2D eigenvalue weighted by Gasteiger charge is 2.13. The summed E-state index contributed by atoms with van der Waals surface area (Å²) in [5, 5.41) is 14.5. The SMILES string of the molecule is NC(CCNC(=O)CCN1CCNCC1)C(=O)O. The molecule has 0 aromatic rings. The van der Waals surface area contributed by atoms with E-state index in [1.165, 1.54) is 0 Å². The molecule has 0 radical (unpaired) electrons. The Labute approximate surface area is 107 Å². The second-order valence-corrected chi connectivity index (χ2v) is 4.42. The maximum absolute atomic E-state index is 11.5. The average Bonchev–Trinajstić information content (AvgIpc) is 2.37. The molecule has 7 heteroatoms. The van der Waals surface area contributed by atoms with Crippen LogP contribution in [-0.2, 0) is 9.59 Å². The van der Waals surface area contributed by atoms with Gasteiger partial charge in [-0.3, -0.25) is 9.59 Å². The van der Waals surface area contributed by atoms with Crippen LogP contribution in [0.15, 0.2) is 0 Å². The number of aliphatic carboxylic acids is 1. The molecule has 0 spiro atoms. The highest BCUT2D eigenvalue weighted by molar-refractivity contribution is 5.76. The van der Waals surface area contributed by atoms with Crippen molar-refractivity contribution in [1.29, 1.82) is 0 Å². The summed E-state index contributed by atoms with van der Waals surface area (Å²) in [5.41, 5.74) is 5.33. The third-order valence-corrected chi connectivity index (χ3v) is 2.96. The molecule has 0 aromatic carbocycles. The summed E-state index contributed by atoms with van der Waals surface area (Å²) in [6.45, 7) is 4.94. The lowest BCUT2D eigenvalue weighted by molar-refractivity contribution is -0.138. The monoisotopic (exact) mass is 258 g/mol. The summed E-state index contributed by atoms with van der Waals surface area (Å²) in [7, 11) is 0. The Hall–Kier alpha value is -1.18. The van der Waals surface area contributed by atoms with Crippen molar-refractivity contribution < 1.29 is 14.7 Å². The average molecular weight is 258 g/mol. The first-order chi connectivity index (χ1) is 8.59. The van der Waals surface area contributed by atoms with Crippen molar-refractivity contribution in [3.8, 4) is 0 Å². The molecular formula is C11H22N4O3. The van der Waals surface area contributed by atoms with Crippen molar-refractivity contribution in [3.63, 3.8) is 0 Å². The Morgan fingerprint density at radius 1 is 1.39 bits per heavy atom. The number of carbonyl (C=O) groups excluding carboxylic acids is 1. The molecule has 1 aliphatic heterocycles. The molecular weight excluding hydrogens is 236 g/mol. The minimum Gasteiger partial charge on any atom is -0.480 e. The Bertz CT molecular complexity index is 279. The minimum absolute atomic E-state index is 0.0499. The van der Waals surface area contributed by atoms with Gasteiger partial charge in [0.2, 0.25) is 5.91 Å². The number of hydrogen-bond donors (Lipinski definition) is 4. The number of nitrogens with two attached hydrogens (primary N) is 1. The summed E-state index contributed by atoms with van der Waals surface area (Å²) >= 11 is 0. The molecule has 0 aromatic heterocycles. The maximum atomic E-state index is 11.5. The van der Waals surface area contributed by atoms with E-state index in [0.29, 0.717) is 13.0 Å². The molecule has 1 unspecified atom stereocenters. The van der Waals surface area contributed by atoms with Gasteiger partial charge in [0.15, 0.2) is 0 Å². The Morgan fingerprint density at radius 3 is 2.67 bits per heavy atom. The fraction of sp³-hybridized carbons (Fsp3) is 0.818. The molecule has 18 heavy (non-hydrogen) atoms. The number of carboxylic acids is 1. The van der Waals surface area contributed by atoms with Crippen LogP contribution >= 0.6 is 0 Å². The number of nitrogens with zero attached hydrogens (tertiary/aromatic N) is 1. The first-order valence-corrected chi connectivity index (χ1v) is 6.28. The second kappa shape index (κ2) is 8.02. The van der Waals surface area contributed by atoms with Gasteiger partial charge in [-0.1, -0.05) is 0 Å². The van der Waals surface area contributed by atoms with Gasteiger partial charge in [0, 0.05) is 45.7 Å². The molecule has 1 amide bonds. The molecule has 104 valence electrons. The topological polar surface area (TPSA) is 108 Å². The fourth-order valence-corrected chi connectivity index (χ4v) is 1.77. The molecule has 1 aliphatic rings. The number of hydrogen-bond acceptors (Lipinski definition) is 5. The molecule has 1 fully saturated rings. The molecule has 7 nitrogen and oxygen atoms in total. The van der Waals surface area contributed by atoms with Crippen LogP contribution in [0.1, 0.15) is 12.8 Å². The van der Waals surface area contributed by atoms with Gasteiger partial charge < -0.3 is 26.4 Å². The third-order valence-electron chi connectivity index (χ3n) is 2.96. The zero-order chi connectivity index (χ0) is 13.4. The van der Waals surface area contributed by atoms with Crippen LogP contribution < -0.4 is 16.4 Å². The lowest BCUT2D eigenvalue weighted by Gasteiger charge is -2.26. The second-order valence-electron chi connectivity index (χ2n) is 4.42. The number of piperazine rings is 1. The summed E-state index contributed by atoms with van der Waals surface area (Å²) < 4.78 is 0. The minimum atomic E-state index is -1.04. The van der Waals surface area contributed by atoms with E-state index in [0.717, 1.165) is 32.7 Å². The van der Waals surface area contributed by atoms with Gasteiger partial charge in [0.05, 0.1) is 0 Å². The zero-order valence-electron chi connectivity index (χ0n) is 10.5. The van der Waals surface area contributed by atoms with Gasteiger partial charge in [-0.25, -0.2) is 0 Å². The number of nitrogens with one attached hydrogen (secondary N) is 2. The lowest BCUT2D eigenvalue weighted by Crippen LogP contribution is -2.44. The largest absolute Gasteiger partial charge is 0.480 e. The molecule has 0 saturated carbocycles. The molecule has 5 N–H and O–H groups in total. The molecule has 1 rings (SSSR count). The predicted molar refractivity (Wildman–Crippen MR) is 67.2 cm³/mol. The zero-order valence-corrected chi connectivity index (χ0v) is 10.5. The van der Waals surface area contributed by atoms with Gasteiger partial charge in [-0.05, 0) is 6.42 Å². The molecule has 1 saturated heterocycles. The lowest BCUT2D eigenvalue weighted by atomic mass is 10.2. The van der Waals surface area contributed by atoms with Crippen LogP contribution in [0.4, 0.5) is 0 Å². The van der Waals surface area contributed by atoms with Gasteiger partial charge in [-0.2, -0.15) is 0 Å². The van der Waals surface area contributed by atoms with E-state index >= 15 is 0 Å². The van der Waals surface area contributed by atoms with Crippen LogP contribution in [0, 0.1) is 0 Å². The summed E-state index contributed by atoms with van der Waals surface area (Å²) in [5.74, 6) is -1.09. The van der Waals surface area contributed by atoms with E-state index in [-0.39, 0.29) is 12.3 Å². The molecule has 1 atom stereocenters. The van der Waals surface area contributed by atoms with Crippen molar-refractivity contribution in [3.05, 3.63) is 0 Å². The quantitative estimate of drug-likeness (QED) is 0.429. The van der Waals surface area contributed by atoms with Crippen LogP contribution in [0.2, 0.25) is 0 Å². The standard InChI is InChI=1S/C11H22N4O3/c12-9(11(17)18)1-3-14-10(16)2-6-15-7-4-13-5-8-15/h9,13H,1-8,12H2,(H,14,16)(H,17,18). The smallest absolute Gasteiger partial charge is 0.320 e. The van der Waals surface area contributed by atoms with Crippen molar-refractivity contribution >= 4 is 11.9 Å². The van der Waals surface area contributed by atoms with Crippen molar-refractivity contribution in [2.45, 2.75) is 18.9 Å². The van der Waals surface area contributed by atoms with Gasteiger partial charge in [-0.15, -0.1) is 0 Å². The number of carbonyl (C=O) groups is 2. The molecule has 0 aliphatic carbocycles. The normalized spacial score (nSPS) is 18.3. The van der Waals surface area contributed by atoms with Gasteiger partial charge in [0.25, 0.3) is 0 Å². The highest BCUT2D eigenvalue weighted by atomic mass is 16.4. The maximum Gasteiger partial charge on any atom is 0.320 e. The van der Waals surface area contributed by atoms with Crippen LogP contribution in [-0.4, -0.2) is 67.2 Å². The summed E-state index contributed by atoms with van der Waals surface area (Å²) in [4.78, 5) is 24.2. The Kier molecular flexibility index (Phi) is 6.63. The van der Waals surface area contributed by atoms with Gasteiger partial charge in [0.1, 0.15) is 6.04 Å². The van der Waals surface area contributed by atoms with Crippen molar-refractivity contribution in [2.24, 2.45) is 5.73 Å².